The van der Waals surface area contributed by atoms with Crippen molar-refractivity contribution in [3.8, 4) is 5.75 Å². The molecule has 0 radical (unpaired) electrons. The van der Waals surface area contributed by atoms with Crippen LogP contribution >= 0.6 is 15.9 Å². The van der Waals surface area contributed by atoms with Gasteiger partial charge in [-0.3, -0.25) is 4.79 Å². The van der Waals surface area contributed by atoms with E-state index in [0.29, 0.717) is 10.0 Å². The van der Waals surface area contributed by atoms with E-state index in [0.717, 1.165) is 0 Å². The van der Waals surface area contributed by atoms with E-state index >= 15 is 0 Å². The van der Waals surface area contributed by atoms with Gasteiger partial charge in [-0.2, -0.15) is 0 Å². The number of hydrogen-bond donors (Lipinski definition) is 1. The highest BCUT2D eigenvalue weighted by molar-refractivity contribution is 9.10. The zero-order chi connectivity index (χ0) is 12.3. The Labute approximate surface area is 101 Å². The summed E-state index contributed by atoms with van der Waals surface area (Å²) in [5.41, 5.74) is 0.717. The van der Waals surface area contributed by atoms with Crippen LogP contribution in [0.1, 0.15) is 22.8 Å². The van der Waals surface area contributed by atoms with Crippen molar-refractivity contribution in [3.05, 3.63) is 27.7 Å². The van der Waals surface area contributed by atoms with E-state index in [9.17, 15) is 14.7 Å². The van der Waals surface area contributed by atoms with Crippen molar-refractivity contribution in [1.29, 1.82) is 0 Å². The van der Waals surface area contributed by atoms with Crippen molar-refractivity contribution >= 4 is 27.7 Å². The van der Waals surface area contributed by atoms with Crippen LogP contribution in [0, 0.1) is 6.92 Å². The van der Waals surface area contributed by atoms with Crippen molar-refractivity contribution < 1.29 is 19.4 Å². The van der Waals surface area contributed by atoms with Crippen LogP contribution in [0.4, 0.5) is 0 Å². The molecule has 1 N–H and O–H groups in total. The van der Waals surface area contributed by atoms with Gasteiger partial charge < -0.3 is 9.84 Å². The van der Waals surface area contributed by atoms with Gasteiger partial charge in [0.05, 0.1) is 6.61 Å². The fourth-order valence-electron chi connectivity index (χ4n) is 1.11. The monoisotopic (exact) mass is 286 g/mol. The molecule has 86 valence electrons. The Hall–Kier alpha value is -1.36. The van der Waals surface area contributed by atoms with Crippen molar-refractivity contribution in [3.63, 3.8) is 0 Å². The van der Waals surface area contributed by atoms with E-state index in [1.807, 2.05) is 0 Å². The topological polar surface area (TPSA) is 63.6 Å². The van der Waals surface area contributed by atoms with Gasteiger partial charge >= 0.3 is 5.97 Å². The molecule has 1 aromatic rings. The third-order valence-electron chi connectivity index (χ3n) is 2.04. The van der Waals surface area contributed by atoms with Gasteiger partial charge in [0.1, 0.15) is 5.75 Å². The first-order valence-corrected chi connectivity index (χ1v) is 5.47. The molecule has 0 bridgehead atoms. The van der Waals surface area contributed by atoms with E-state index in [1.54, 1.807) is 13.8 Å². The summed E-state index contributed by atoms with van der Waals surface area (Å²) in [5.74, 6) is -1.72. The number of benzene rings is 1. The number of carbonyl (C=O) groups excluding carboxylic acids is 2. The number of aromatic hydroxyl groups is 1. The molecule has 0 saturated heterocycles. The SMILES string of the molecule is CCOC(=O)C(=O)c1cc(O)c(C)c(Br)c1. The van der Waals surface area contributed by atoms with Gasteiger partial charge in [-0.15, -0.1) is 0 Å². The quantitative estimate of drug-likeness (QED) is 0.526. The minimum absolute atomic E-state index is 0.0398. The Morgan fingerprint density at radius 1 is 1.44 bits per heavy atom. The van der Waals surface area contributed by atoms with Crippen molar-refractivity contribution in [2.75, 3.05) is 6.61 Å². The number of ketones is 1. The van der Waals surface area contributed by atoms with E-state index < -0.39 is 11.8 Å². The summed E-state index contributed by atoms with van der Waals surface area (Å²) in [6, 6.07) is 2.73. The Bertz CT molecular complexity index is 417. The normalized spacial score (nSPS) is 9.94. The maximum Gasteiger partial charge on any atom is 0.379 e. The largest absolute Gasteiger partial charge is 0.508 e. The van der Waals surface area contributed by atoms with Crippen molar-refractivity contribution in [2.24, 2.45) is 0 Å². The number of esters is 1. The number of halogens is 1. The smallest absolute Gasteiger partial charge is 0.379 e. The van der Waals surface area contributed by atoms with Gasteiger partial charge in [0.15, 0.2) is 0 Å². The molecule has 0 unspecified atom stereocenters. The first kappa shape index (κ1) is 12.7. The second-order valence-corrected chi connectivity index (χ2v) is 4.01. The lowest BCUT2D eigenvalue weighted by atomic mass is 10.1. The Morgan fingerprint density at radius 3 is 2.56 bits per heavy atom. The van der Waals surface area contributed by atoms with Crippen LogP contribution < -0.4 is 0 Å². The van der Waals surface area contributed by atoms with Crippen LogP contribution in [0.5, 0.6) is 5.75 Å². The average Bonchev–Trinajstić information content (AvgIpc) is 2.24. The number of ether oxygens (including phenoxy) is 1. The van der Waals surface area contributed by atoms with Gasteiger partial charge in [-0.05, 0) is 26.0 Å². The zero-order valence-electron chi connectivity index (χ0n) is 8.91. The number of phenolic OH excluding ortho intramolecular Hbond substituents is 1. The van der Waals surface area contributed by atoms with Crippen LogP contribution in [0.3, 0.4) is 0 Å². The van der Waals surface area contributed by atoms with Gasteiger partial charge in [0.25, 0.3) is 5.78 Å². The summed E-state index contributed by atoms with van der Waals surface area (Å²) in [6.07, 6.45) is 0. The van der Waals surface area contributed by atoms with E-state index in [1.165, 1.54) is 12.1 Å². The standard InChI is InChI=1S/C11H11BrO4/c1-3-16-11(15)10(14)7-4-8(12)6(2)9(13)5-7/h4-5,13H,3H2,1-2H3. The molecule has 1 aromatic carbocycles. The molecule has 0 aromatic heterocycles. The zero-order valence-corrected chi connectivity index (χ0v) is 10.5. The van der Waals surface area contributed by atoms with E-state index in [2.05, 4.69) is 20.7 Å². The summed E-state index contributed by atoms with van der Waals surface area (Å²) < 4.78 is 5.15. The van der Waals surface area contributed by atoms with Gasteiger partial charge in [-0.1, -0.05) is 15.9 Å². The van der Waals surface area contributed by atoms with Crippen LogP contribution in [0.25, 0.3) is 0 Å². The first-order valence-electron chi connectivity index (χ1n) is 4.68. The summed E-state index contributed by atoms with van der Waals surface area (Å²) in [7, 11) is 0. The fraction of sp³-hybridized carbons (Fsp3) is 0.273. The second kappa shape index (κ2) is 5.12. The van der Waals surface area contributed by atoms with Crippen LogP contribution in [0.15, 0.2) is 16.6 Å². The van der Waals surface area contributed by atoms with Gasteiger partial charge in [0, 0.05) is 15.6 Å². The molecule has 0 saturated carbocycles. The summed E-state index contributed by atoms with van der Waals surface area (Å²) in [6.45, 7) is 3.45. The molecule has 0 amide bonds. The predicted molar refractivity (Wildman–Crippen MR) is 61.5 cm³/mol. The lowest BCUT2D eigenvalue weighted by Gasteiger charge is -2.05. The Kier molecular flexibility index (Phi) is 4.06. The number of carbonyl (C=O) groups is 2. The number of hydrogen-bond acceptors (Lipinski definition) is 4. The molecule has 0 aliphatic rings. The van der Waals surface area contributed by atoms with E-state index in [-0.39, 0.29) is 17.9 Å². The third-order valence-corrected chi connectivity index (χ3v) is 2.86. The minimum Gasteiger partial charge on any atom is -0.508 e. The lowest BCUT2D eigenvalue weighted by Crippen LogP contribution is -2.17. The molecule has 16 heavy (non-hydrogen) atoms. The maximum absolute atomic E-state index is 11.5. The molecule has 0 aliphatic heterocycles. The average molecular weight is 287 g/mol. The molecular formula is C11H11BrO4. The van der Waals surface area contributed by atoms with Crippen LogP contribution in [0.2, 0.25) is 0 Å². The van der Waals surface area contributed by atoms with Gasteiger partial charge in [-0.25, -0.2) is 4.79 Å². The molecule has 1 rings (SSSR count). The molecule has 0 heterocycles. The second-order valence-electron chi connectivity index (χ2n) is 3.15. The lowest BCUT2D eigenvalue weighted by molar-refractivity contribution is -0.137. The first-order chi connectivity index (χ1) is 7.47. The maximum atomic E-state index is 11.5. The van der Waals surface area contributed by atoms with E-state index in [4.69, 9.17) is 0 Å². The molecule has 0 fully saturated rings. The summed E-state index contributed by atoms with van der Waals surface area (Å²) >= 11 is 3.19. The highest BCUT2D eigenvalue weighted by Gasteiger charge is 2.19. The molecule has 0 aliphatic carbocycles. The third kappa shape index (κ3) is 2.61. The summed E-state index contributed by atoms with van der Waals surface area (Å²) in [5, 5.41) is 9.51. The Morgan fingerprint density at radius 2 is 2.06 bits per heavy atom. The molecule has 0 atom stereocenters. The van der Waals surface area contributed by atoms with Crippen molar-refractivity contribution in [1.82, 2.24) is 0 Å². The van der Waals surface area contributed by atoms with Crippen LogP contribution in [-0.2, 0) is 9.53 Å². The number of Topliss-reactive ketones (excluding diaryl/α,β-unsaturated/α-hetero) is 1. The minimum atomic E-state index is -0.919. The molecular weight excluding hydrogens is 276 g/mol. The van der Waals surface area contributed by atoms with Gasteiger partial charge in [0.2, 0.25) is 0 Å². The summed E-state index contributed by atoms with van der Waals surface area (Å²) in [4.78, 5) is 22.7. The number of rotatable bonds is 3. The van der Waals surface area contributed by atoms with Crippen molar-refractivity contribution in [2.45, 2.75) is 13.8 Å². The Balaban J connectivity index is 3.06. The molecule has 4 nitrogen and oxygen atoms in total. The molecule has 0 spiro atoms. The molecule has 5 heteroatoms. The highest BCUT2D eigenvalue weighted by atomic mass is 79.9. The number of phenols is 1. The van der Waals surface area contributed by atoms with Crippen LogP contribution in [-0.4, -0.2) is 23.5 Å². The predicted octanol–water partition coefficient (Wildman–Crippen LogP) is 2.21. The highest BCUT2D eigenvalue weighted by Crippen LogP contribution is 2.27. The fourth-order valence-corrected chi connectivity index (χ4v) is 1.56.